The summed E-state index contributed by atoms with van der Waals surface area (Å²) in [5, 5.41) is 10.2. The van der Waals surface area contributed by atoms with Crippen molar-refractivity contribution in [3.05, 3.63) is 44.0 Å². The molecule has 0 fully saturated rings. The van der Waals surface area contributed by atoms with Gasteiger partial charge in [-0.25, -0.2) is 8.42 Å². The van der Waals surface area contributed by atoms with Crippen LogP contribution in [0.15, 0.2) is 39.6 Å². The molecule has 1 aromatic carbocycles. The van der Waals surface area contributed by atoms with Gasteiger partial charge in [-0.15, -0.1) is 16.4 Å². The summed E-state index contributed by atoms with van der Waals surface area (Å²) >= 11 is 18.7. The van der Waals surface area contributed by atoms with Gasteiger partial charge in [-0.3, -0.25) is 10.1 Å². The van der Waals surface area contributed by atoms with Crippen LogP contribution in [0.4, 0.5) is 6.01 Å². The van der Waals surface area contributed by atoms with Crippen molar-refractivity contribution in [1.82, 2.24) is 10.2 Å². The summed E-state index contributed by atoms with van der Waals surface area (Å²) in [6.45, 7) is 0. The number of carbonyl (C=O) groups is 1. The first-order valence-corrected chi connectivity index (χ1v) is 10.9. The topological polar surface area (TPSA) is 102 Å². The third kappa shape index (κ3) is 4.99. The van der Waals surface area contributed by atoms with Crippen molar-refractivity contribution < 1.29 is 17.6 Å². The molecule has 0 saturated heterocycles. The number of nitrogens with one attached hydrogen (secondary N) is 1. The molecule has 27 heavy (non-hydrogen) atoms. The summed E-state index contributed by atoms with van der Waals surface area (Å²) in [5.74, 6) is -0.877. The average Bonchev–Trinajstić information content (AvgIpc) is 3.19. The van der Waals surface area contributed by atoms with Gasteiger partial charge in [0.05, 0.1) is 20.5 Å². The summed E-state index contributed by atoms with van der Waals surface area (Å²) in [5.41, 5.74) is 0.449. The normalized spacial score (nSPS) is 11.5. The predicted octanol–water partition coefficient (Wildman–Crippen LogP) is 4.56. The van der Waals surface area contributed by atoms with Crippen LogP contribution < -0.4 is 5.32 Å². The molecule has 0 saturated carbocycles. The Labute approximate surface area is 173 Å². The molecule has 1 N–H and O–H groups in total. The Balaban J connectivity index is 1.61. The van der Waals surface area contributed by atoms with Crippen molar-refractivity contribution in [2.75, 3.05) is 11.1 Å². The smallest absolute Gasteiger partial charge is 0.322 e. The van der Waals surface area contributed by atoms with E-state index in [4.69, 9.17) is 39.2 Å². The predicted molar refractivity (Wildman–Crippen MR) is 104 cm³/mol. The zero-order chi connectivity index (χ0) is 19.6. The SMILES string of the molecule is O=C(CCS(=O)(=O)c1ccc(Cl)cc1)Nc1nnc(-c2cc(Cl)sc2Cl)o1. The lowest BCUT2D eigenvalue weighted by Crippen LogP contribution is -2.17. The van der Waals surface area contributed by atoms with Gasteiger partial charge in [0, 0.05) is 11.4 Å². The number of sulfone groups is 1. The van der Waals surface area contributed by atoms with Crippen LogP contribution in [0.5, 0.6) is 0 Å². The molecule has 0 aliphatic carbocycles. The molecule has 0 aliphatic heterocycles. The van der Waals surface area contributed by atoms with Crippen molar-refractivity contribution in [3.8, 4) is 11.5 Å². The fraction of sp³-hybridized carbons (Fsp3) is 0.133. The first kappa shape index (κ1) is 20.1. The molecule has 1 amide bonds. The van der Waals surface area contributed by atoms with Crippen LogP contribution in [-0.2, 0) is 14.6 Å². The number of rotatable bonds is 6. The van der Waals surface area contributed by atoms with Gasteiger partial charge in [0.2, 0.25) is 5.91 Å². The minimum absolute atomic E-state index is 0.0868. The van der Waals surface area contributed by atoms with Crippen molar-refractivity contribution >= 4 is 67.9 Å². The summed E-state index contributed by atoms with van der Waals surface area (Å²) in [6.07, 6.45) is -0.284. The number of hydrogen-bond acceptors (Lipinski definition) is 7. The fourth-order valence-electron chi connectivity index (χ4n) is 2.04. The third-order valence-corrected chi connectivity index (χ3v) is 6.80. The zero-order valence-electron chi connectivity index (χ0n) is 13.3. The van der Waals surface area contributed by atoms with E-state index < -0.39 is 15.7 Å². The second-order valence-electron chi connectivity index (χ2n) is 5.22. The number of carbonyl (C=O) groups excluding carboxylic acids is 1. The van der Waals surface area contributed by atoms with Gasteiger partial charge in [-0.05, 0) is 30.3 Å². The highest BCUT2D eigenvalue weighted by Crippen LogP contribution is 2.37. The van der Waals surface area contributed by atoms with Gasteiger partial charge in [0.15, 0.2) is 9.84 Å². The lowest BCUT2D eigenvalue weighted by molar-refractivity contribution is -0.115. The minimum atomic E-state index is -3.62. The fourth-order valence-corrected chi connectivity index (χ4v) is 4.85. The standard InChI is InChI=1S/C15H10Cl3N3O4S2/c16-8-1-3-9(4-2-8)27(23,24)6-5-12(22)19-15-21-20-14(25-15)10-7-11(17)26-13(10)18/h1-4,7H,5-6H2,(H,19,21,22). The van der Waals surface area contributed by atoms with E-state index in [-0.39, 0.29) is 29.0 Å². The molecular weight excluding hydrogens is 457 g/mol. The number of hydrogen-bond donors (Lipinski definition) is 1. The van der Waals surface area contributed by atoms with E-state index in [0.29, 0.717) is 19.3 Å². The largest absolute Gasteiger partial charge is 0.403 e. The molecule has 0 aliphatic rings. The van der Waals surface area contributed by atoms with Crippen LogP contribution in [-0.4, -0.2) is 30.3 Å². The Kier molecular flexibility index (Phi) is 6.07. The van der Waals surface area contributed by atoms with Crippen molar-refractivity contribution in [2.24, 2.45) is 0 Å². The second-order valence-corrected chi connectivity index (χ2v) is 10.1. The molecule has 0 bridgehead atoms. The minimum Gasteiger partial charge on any atom is -0.403 e. The Hall–Kier alpha value is -1.65. The monoisotopic (exact) mass is 465 g/mol. The van der Waals surface area contributed by atoms with Gasteiger partial charge < -0.3 is 4.42 Å². The summed E-state index contributed by atoms with van der Waals surface area (Å²) < 4.78 is 30.6. The van der Waals surface area contributed by atoms with Crippen molar-refractivity contribution in [3.63, 3.8) is 0 Å². The molecule has 7 nitrogen and oxygen atoms in total. The maximum absolute atomic E-state index is 12.2. The highest BCUT2D eigenvalue weighted by atomic mass is 35.5. The number of benzene rings is 1. The Morgan fingerprint density at radius 3 is 2.48 bits per heavy atom. The quantitative estimate of drug-likeness (QED) is 0.571. The van der Waals surface area contributed by atoms with Crippen LogP contribution in [0.2, 0.25) is 13.7 Å². The maximum atomic E-state index is 12.2. The first-order valence-electron chi connectivity index (χ1n) is 7.31. The molecular formula is C15H10Cl3N3O4S2. The van der Waals surface area contributed by atoms with E-state index in [1.54, 1.807) is 6.07 Å². The second kappa shape index (κ2) is 8.15. The van der Waals surface area contributed by atoms with Crippen LogP contribution in [0.1, 0.15) is 6.42 Å². The lowest BCUT2D eigenvalue weighted by Gasteiger charge is -2.04. The molecule has 3 rings (SSSR count). The molecule has 12 heteroatoms. The first-order chi connectivity index (χ1) is 12.7. The van der Waals surface area contributed by atoms with Crippen LogP contribution >= 0.6 is 46.1 Å². The van der Waals surface area contributed by atoms with Gasteiger partial charge in [-0.2, -0.15) is 0 Å². The van der Waals surface area contributed by atoms with E-state index >= 15 is 0 Å². The van der Waals surface area contributed by atoms with Gasteiger partial charge in [0.1, 0.15) is 4.34 Å². The van der Waals surface area contributed by atoms with E-state index in [9.17, 15) is 13.2 Å². The highest BCUT2D eigenvalue weighted by molar-refractivity contribution is 7.91. The maximum Gasteiger partial charge on any atom is 0.322 e. The molecule has 3 aromatic rings. The molecule has 142 valence electrons. The third-order valence-electron chi connectivity index (χ3n) is 3.33. The molecule has 2 aromatic heterocycles. The Morgan fingerprint density at radius 1 is 1.15 bits per heavy atom. The average molecular weight is 467 g/mol. The zero-order valence-corrected chi connectivity index (χ0v) is 17.2. The molecule has 2 heterocycles. The molecule has 0 atom stereocenters. The van der Waals surface area contributed by atoms with E-state index in [1.165, 1.54) is 24.3 Å². The molecule has 0 spiro atoms. The van der Waals surface area contributed by atoms with E-state index in [2.05, 4.69) is 15.5 Å². The number of amides is 1. The number of anilines is 1. The van der Waals surface area contributed by atoms with E-state index in [0.717, 1.165) is 11.3 Å². The summed E-state index contributed by atoms with van der Waals surface area (Å²) in [6, 6.07) is 7.10. The molecule has 0 radical (unpaired) electrons. The number of aromatic nitrogens is 2. The van der Waals surface area contributed by atoms with E-state index in [1.807, 2.05) is 0 Å². The summed E-state index contributed by atoms with van der Waals surface area (Å²) in [4.78, 5) is 12.1. The Bertz CT molecular complexity index is 1080. The highest BCUT2D eigenvalue weighted by Gasteiger charge is 2.19. The Morgan fingerprint density at radius 2 is 1.85 bits per heavy atom. The van der Waals surface area contributed by atoms with Crippen LogP contribution in [0, 0.1) is 0 Å². The van der Waals surface area contributed by atoms with Crippen LogP contribution in [0.25, 0.3) is 11.5 Å². The van der Waals surface area contributed by atoms with Gasteiger partial charge in [0.25, 0.3) is 5.89 Å². The van der Waals surface area contributed by atoms with Crippen molar-refractivity contribution in [1.29, 1.82) is 0 Å². The molecule has 0 unspecified atom stereocenters. The van der Waals surface area contributed by atoms with Gasteiger partial charge in [-0.1, -0.05) is 39.9 Å². The lowest BCUT2D eigenvalue weighted by atomic mass is 10.3. The van der Waals surface area contributed by atoms with Crippen LogP contribution in [0.3, 0.4) is 0 Å². The van der Waals surface area contributed by atoms with Gasteiger partial charge >= 0.3 is 6.01 Å². The van der Waals surface area contributed by atoms with Crippen molar-refractivity contribution in [2.45, 2.75) is 11.3 Å². The number of thiophene rings is 1. The number of halogens is 3. The number of nitrogens with zero attached hydrogens (tertiary/aromatic N) is 2. The summed E-state index contributed by atoms with van der Waals surface area (Å²) in [7, 11) is -3.62.